The number of rotatable bonds is 4. The van der Waals surface area contributed by atoms with Crippen LogP contribution in [0.25, 0.3) is 10.8 Å². The molecule has 17 heavy (non-hydrogen) atoms. The van der Waals surface area contributed by atoms with Crippen molar-refractivity contribution < 1.29 is 9.26 Å². The van der Waals surface area contributed by atoms with E-state index in [0.717, 1.165) is 4.88 Å². The molecule has 0 amide bonds. The minimum atomic E-state index is -0.187. The van der Waals surface area contributed by atoms with Gasteiger partial charge in [-0.2, -0.15) is 10.2 Å². The lowest BCUT2D eigenvalue weighted by molar-refractivity contribution is 0.0683. The molecule has 0 aliphatic carbocycles. The van der Waals surface area contributed by atoms with Crippen molar-refractivity contribution in [3.63, 3.8) is 0 Å². The summed E-state index contributed by atoms with van der Waals surface area (Å²) in [6.07, 6.45) is -0.187. The van der Waals surface area contributed by atoms with Gasteiger partial charge in [0.2, 0.25) is 5.82 Å². The Morgan fingerprint density at radius 2 is 2.41 bits per heavy atom. The van der Waals surface area contributed by atoms with Crippen LogP contribution in [0.2, 0.25) is 0 Å². The zero-order chi connectivity index (χ0) is 12.3. The monoisotopic (exact) mass is 249 g/mol. The highest BCUT2D eigenvalue weighted by molar-refractivity contribution is 7.15. The SMILES string of the molecule is CCOC(C)c1noc(-c2ccc(C#N)s2)n1. The quantitative estimate of drug-likeness (QED) is 0.833. The fourth-order valence-electron chi connectivity index (χ4n) is 1.34. The van der Waals surface area contributed by atoms with Crippen LogP contribution in [0, 0.1) is 11.3 Å². The fourth-order valence-corrected chi connectivity index (χ4v) is 2.06. The Morgan fingerprint density at radius 3 is 3.06 bits per heavy atom. The summed E-state index contributed by atoms with van der Waals surface area (Å²) < 4.78 is 10.5. The molecule has 6 heteroatoms. The van der Waals surface area contributed by atoms with Gasteiger partial charge in [0.25, 0.3) is 5.89 Å². The van der Waals surface area contributed by atoms with Gasteiger partial charge in [-0.3, -0.25) is 0 Å². The average Bonchev–Trinajstić information content (AvgIpc) is 2.98. The maximum atomic E-state index is 8.74. The van der Waals surface area contributed by atoms with Gasteiger partial charge in [0.15, 0.2) is 0 Å². The largest absolute Gasteiger partial charge is 0.371 e. The predicted molar refractivity (Wildman–Crippen MR) is 62.4 cm³/mol. The maximum absolute atomic E-state index is 8.74. The Bertz CT molecular complexity index is 541. The van der Waals surface area contributed by atoms with Crippen LogP contribution in [0.15, 0.2) is 16.7 Å². The number of thiophene rings is 1. The molecule has 1 unspecified atom stereocenters. The molecule has 2 heterocycles. The number of ether oxygens (including phenoxy) is 1. The van der Waals surface area contributed by atoms with Gasteiger partial charge >= 0.3 is 0 Å². The van der Waals surface area contributed by atoms with Crippen LogP contribution in [-0.4, -0.2) is 16.7 Å². The van der Waals surface area contributed by atoms with Crippen molar-refractivity contribution in [1.82, 2.24) is 10.1 Å². The Morgan fingerprint density at radius 1 is 1.59 bits per heavy atom. The van der Waals surface area contributed by atoms with Crippen molar-refractivity contribution in [1.29, 1.82) is 5.26 Å². The summed E-state index contributed by atoms with van der Waals surface area (Å²) in [5.41, 5.74) is 0. The van der Waals surface area contributed by atoms with Gasteiger partial charge < -0.3 is 9.26 Å². The van der Waals surface area contributed by atoms with Crippen LogP contribution in [0.5, 0.6) is 0 Å². The maximum Gasteiger partial charge on any atom is 0.268 e. The van der Waals surface area contributed by atoms with E-state index in [1.807, 2.05) is 13.8 Å². The Balaban J connectivity index is 2.21. The third-order valence-corrected chi connectivity index (χ3v) is 3.13. The fraction of sp³-hybridized carbons (Fsp3) is 0.364. The van der Waals surface area contributed by atoms with E-state index in [4.69, 9.17) is 14.5 Å². The third kappa shape index (κ3) is 2.52. The van der Waals surface area contributed by atoms with E-state index in [0.29, 0.717) is 23.2 Å². The molecule has 0 aliphatic rings. The van der Waals surface area contributed by atoms with Crippen LogP contribution in [-0.2, 0) is 4.74 Å². The lowest BCUT2D eigenvalue weighted by Gasteiger charge is -2.04. The second-order valence-corrected chi connectivity index (χ2v) is 4.41. The predicted octanol–water partition coefficient (Wildman–Crippen LogP) is 2.77. The summed E-state index contributed by atoms with van der Waals surface area (Å²) in [5.74, 6) is 0.951. The van der Waals surface area contributed by atoms with Crippen LogP contribution >= 0.6 is 11.3 Å². The van der Waals surface area contributed by atoms with Crippen molar-refractivity contribution in [2.24, 2.45) is 0 Å². The number of hydrogen-bond acceptors (Lipinski definition) is 6. The first kappa shape index (κ1) is 11.8. The van der Waals surface area contributed by atoms with Crippen molar-refractivity contribution in [3.05, 3.63) is 22.8 Å². The number of aromatic nitrogens is 2. The van der Waals surface area contributed by atoms with E-state index in [2.05, 4.69) is 16.2 Å². The van der Waals surface area contributed by atoms with Gasteiger partial charge in [0, 0.05) is 6.61 Å². The van der Waals surface area contributed by atoms with E-state index in [-0.39, 0.29) is 6.10 Å². The van der Waals surface area contributed by atoms with Crippen LogP contribution in [0.4, 0.5) is 0 Å². The van der Waals surface area contributed by atoms with Crippen LogP contribution in [0.1, 0.15) is 30.7 Å². The van der Waals surface area contributed by atoms with Gasteiger partial charge in [0.05, 0.1) is 4.88 Å². The highest BCUT2D eigenvalue weighted by Crippen LogP contribution is 2.27. The standard InChI is InChI=1S/C11H11N3O2S/c1-3-15-7(2)10-13-11(16-14-10)9-5-4-8(6-12)17-9/h4-5,7H,3H2,1-2H3. The molecule has 0 N–H and O–H groups in total. The first-order valence-electron chi connectivity index (χ1n) is 5.20. The van der Waals surface area contributed by atoms with Crippen molar-refractivity contribution >= 4 is 11.3 Å². The highest BCUT2D eigenvalue weighted by Gasteiger charge is 2.16. The number of nitrogens with zero attached hydrogens (tertiary/aromatic N) is 3. The lowest BCUT2D eigenvalue weighted by Crippen LogP contribution is -2.01. The number of nitriles is 1. The Labute approximate surface area is 103 Å². The zero-order valence-corrected chi connectivity index (χ0v) is 10.3. The molecule has 1 atom stereocenters. The number of hydrogen-bond donors (Lipinski definition) is 0. The van der Waals surface area contributed by atoms with E-state index in [9.17, 15) is 0 Å². The van der Waals surface area contributed by atoms with Gasteiger partial charge in [0.1, 0.15) is 17.1 Å². The van der Waals surface area contributed by atoms with Crippen LogP contribution in [0.3, 0.4) is 0 Å². The van der Waals surface area contributed by atoms with E-state index >= 15 is 0 Å². The lowest BCUT2D eigenvalue weighted by atomic mass is 10.4. The molecule has 2 aromatic heterocycles. The molecule has 2 aromatic rings. The second kappa shape index (κ2) is 5.08. The zero-order valence-electron chi connectivity index (χ0n) is 9.51. The molecule has 0 aliphatic heterocycles. The normalized spacial score (nSPS) is 12.3. The minimum absolute atomic E-state index is 0.187. The summed E-state index contributed by atoms with van der Waals surface area (Å²) in [4.78, 5) is 5.66. The average molecular weight is 249 g/mol. The molecular formula is C11H11N3O2S. The van der Waals surface area contributed by atoms with Crippen LogP contribution < -0.4 is 0 Å². The molecule has 2 rings (SSSR count). The summed E-state index contributed by atoms with van der Waals surface area (Å²) >= 11 is 1.33. The molecule has 0 saturated carbocycles. The van der Waals surface area contributed by atoms with Crippen molar-refractivity contribution in [2.45, 2.75) is 20.0 Å². The summed E-state index contributed by atoms with van der Waals surface area (Å²) in [5, 5.41) is 12.6. The first-order valence-corrected chi connectivity index (χ1v) is 6.01. The van der Waals surface area contributed by atoms with Gasteiger partial charge in [-0.05, 0) is 26.0 Å². The van der Waals surface area contributed by atoms with Gasteiger partial charge in [-0.15, -0.1) is 11.3 Å². The van der Waals surface area contributed by atoms with Gasteiger partial charge in [-0.25, -0.2) is 0 Å². The highest BCUT2D eigenvalue weighted by atomic mass is 32.1. The Hall–Kier alpha value is -1.71. The van der Waals surface area contributed by atoms with E-state index < -0.39 is 0 Å². The minimum Gasteiger partial charge on any atom is -0.371 e. The molecule has 0 radical (unpaired) electrons. The molecule has 0 fully saturated rings. The Kier molecular flexibility index (Phi) is 3.52. The smallest absolute Gasteiger partial charge is 0.268 e. The molecule has 0 spiro atoms. The molecule has 0 aromatic carbocycles. The summed E-state index contributed by atoms with van der Waals surface area (Å²) in [7, 11) is 0. The molecule has 0 saturated heterocycles. The second-order valence-electron chi connectivity index (χ2n) is 3.33. The molecule has 88 valence electrons. The molecule has 0 bridgehead atoms. The van der Waals surface area contributed by atoms with E-state index in [1.54, 1.807) is 12.1 Å². The topological polar surface area (TPSA) is 71.9 Å². The summed E-state index contributed by atoms with van der Waals surface area (Å²) in [6, 6.07) is 5.60. The van der Waals surface area contributed by atoms with Gasteiger partial charge in [-0.1, -0.05) is 5.16 Å². The van der Waals surface area contributed by atoms with E-state index in [1.165, 1.54) is 11.3 Å². The summed E-state index contributed by atoms with van der Waals surface area (Å²) in [6.45, 7) is 4.38. The third-order valence-electron chi connectivity index (χ3n) is 2.15. The van der Waals surface area contributed by atoms with Crippen molar-refractivity contribution in [2.75, 3.05) is 6.61 Å². The first-order chi connectivity index (χ1) is 8.24. The molecule has 5 nitrogen and oxygen atoms in total. The molecular weight excluding hydrogens is 238 g/mol. The van der Waals surface area contributed by atoms with Crippen molar-refractivity contribution in [3.8, 4) is 16.8 Å².